The molecule has 4 atom stereocenters. The van der Waals surface area contributed by atoms with Gasteiger partial charge < -0.3 is 30.1 Å². The van der Waals surface area contributed by atoms with Crippen LogP contribution in [0, 0.1) is 0 Å². The molecule has 0 saturated carbocycles. The molecule has 2 heterocycles. The van der Waals surface area contributed by atoms with E-state index in [4.69, 9.17) is 9.47 Å². The Balaban J connectivity index is 1.18. The SMILES string of the molecule is O=C(C[C@H]1CC[C@H]2[C@@H](COC[C@@H](O)CN2C(=O)Nc2ccccc2)O1)NC1Cc2ccccc2C1. The first-order valence-electron chi connectivity index (χ1n) is 12.4. The topological polar surface area (TPSA) is 100 Å². The van der Waals surface area contributed by atoms with Gasteiger partial charge in [0.15, 0.2) is 0 Å². The van der Waals surface area contributed by atoms with E-state index in [9.17, 15) is 14.7 Å². The minimum absolute atomic E-state index is 0.00730. The molecule has 2 aromatic carbocycles. The van der Waals surface area contributed by atoms with Crippen LogP contribution >= 0.6 is 0 Å². The molecule has 186 valence electrons. The number of nitrogens with zero attached hydrogens (tertiary/aromatic N) is 1. The number of anilines is 1. The lowest BCUT2D eigenvalue weighted by atomic mass is 9.95. The lowest BCUT2D eigenvalue weighted by Gasteiger charge is -2.44. The standard InChI is InChI=1S/C27H33N3O5/c31-22-15-30(27(33)29-20-8-2-1-3-9-20)24-11-10-23(35-25(24)17-34-16-22)14-26(32)28-21-12-18-6-4-5-7-19(18)13-21/h1-9,21-25,31H,10-17H2,(H,28,32)(H,29,33)/t22-,23+,24-,25+/m0/s1. The van der Waals surface area contributed by atoms with Crippen molar-refractivity contribution in [3.05, 3.63) is 65.7 Å². The summed E-state index contributed by atoms with van der Waals surface area (Å²) in [4.78, 5) is 27.6. The fourth-order valence-electron chi connectivity index (χ4n) is 5.45. The van der Waals surface area contributed by atoms with Crippen molar-refractivity contribution in [3.63, 3.8) is 0 Å². The fraction of sp³-hybridized carbons (Fsp3) is 0.481. The van der Waals surface area contributed by atoms with Crippen LogP contribution in [0.25, 0.3) is 0 Å². The van der Waals surface area contributed by atoms with Crippen molar-refractivity contribution in [2.75, 3.05) is 25.1 Å². The smallest absolute Gasteiger partial charge is 0.322 e. The quantitative estimate of drug-likeness (QED) is 0.626. The number of hydrogen-bond acceptors (Lipinski definition) is 5. The molecule has 5 rings (SSSR count). The number of fused-ring (bicyclic) bond motifs is 2. The molecule has 0 bridgehead atoms. The van der Waals surface area contributed by atoms with E-state index in [2.05, 4.69) is 22.8 Å². The number of rotatable bonds is 4. The number of aliphatic hydroxyl groups excluding tert-OH is 1. The Morgan fingerprint density at radius 2 is 1.69 bits per heavy atom. The summed E-state index contributed by atoms with van der Waals surface area (Å²) in [6, 6.07) is 17.2. The number of amides is 3. The van der Waals surface area contributed by atoms with E-state index in [1.165, 1.54) is 11.1 Å². The summed E-state index contributed by atoms with van der Waals surface area (Å²) in [7, 11) is 0. The summed E-state index contributed by atoms with van der Waals surface area (Å²) >= 11 is 0. The Morgan fingerprint density at radius 1 is 0.971 bits per heavy atom. The molecule has 2 fully saturated rings. The number of hydrogen-bond donors (Lipinski definition) is 3. The molecule has 3 N–H and O–H groups in total. The van der Waals surface area contributed by atoms with E-state index < -0.39 is 6.10 Å². The Morgan fingerprint density at radius 3 is 2.43 bits per heavy atom. The Hall–Kier alpha value is -2.94. The second-order valence-electron chi connectivity index (χ2n) is 9.73. The maximum Gasteiger partial charge on any atom is 0.322 e. The largest absolute Gasteiger partial charge is 0.389 e. The molecule has 35 heavy (non-hydrogen) atoms. The number of para-hydroxylation sites is 1. The van der Waals surface area contributed by atoms with E-state index in [1.54, 1.807) is 4.90 Å². The molecule has 2 aliphatic heterocycles. The van der Waals surface area contributed by atoms with Crippen molar-refractivity contribution in [1.29, 1.82) is 0 Å². The van der Waals surface area contributed by atoms with Crippen molar-refractivity contribution in [2.45, 2.75) is 62.5 Å². The molecule has 8 heteroatoms. The first-order valence-corrected chi connectivity index (χ1v) is 12.4. The average Bonchev–Trinajstić information content (AvgIpc) is 3.24. The zero-order valence-corrected chi connectivity index (χ0v) is 19.8. The first-order chi connectivity index (χ1) is 17.0. The van der Waals surface area contributed by atoms with Gasteiger partial charge in [-0.1, -0.05) is 42.5 Å². The number of urea groups is 1. The second kappa shape index (κ2) is 10.8. The van der Waals surface area contributed by atoms with Gasteiger partial charge in [0.25, 0.3) is 0 Å². The number of carbonyl (C=O) groups excluding carboxylic acids is 2. The van der Waals surface area contributed by atoms with Gasteiger partial charge >= 0.3 is 6.03 Å². The van der Waals surface area contributed by atoms with Crippen LogP contribution in [0.4, 0.5) is 10.5 Å². The van der Waals surface area contributed by atoms with Gasteiger partial charge in [-0.3, -0.25) is 4.79 Å². The monoisotopic (exact) mass is 479 g/mol. The molecule has 0 spiro atoms. The number of benzene rings is 2. The summed E-state index contributed by atoms with van der Waals surface area (Å²) in [6.45, 7) is 0.568. The molecule has 2 aromatic rings. The predicted octanol–water partition coefficient (Wildman–Crippen LogP) is 2.50. The van der Waals surface area contributed by atoms with Gasteiger partial charge in [0.05, 0.1) is 44.4 Å². The molecule has 3 aliphatic rings. The van der Waals surface area contributed by atoms with E-state index in [1.807, 2.05) is 42.5 Å². The zero-order chi connectivity index (χ0) is 24.2. The van der Waals surface area contributed by atoms with Crippen LogP contribution in [0.3, 0.4) is 0 Å². The van der Waals surface area contributed by atoms with Crippen molar-refractivity contribution >= 4 is 17.6 Å². The summed E-state index contributed by atoms with van der Waals surface area (Å²) < 4.78 is 12.0. The highest BCUT2D eigenvalue weighted by Gasteiger charge is 2.40. The molecule has 0 unspecified atom stereocenters. The third-order valence-corrected chi connectivity index (χ3v) is 7.10. The third-order valence-electron chi connectivity index (χ3n) is 7.10. The van der Waals surface area contributed by atoms with Crippen LogP contribution in [0.15, 0.2) is 54.6 Å². The molecule has 3 amide bonds. The highest BCUT2D eigenvalue weighted by atomic mass is 16.5. The lowest BCUT2D eigenvalue weighted by molar-refractivity contribution is -0.150. The summed E-state index contributed by atoms with van der Waals surface area (Å²) in [5.41, 5.74) is 3.30. The van der Waals surface area contributed by atoms with Crippen LogP contribution in [0.5, 0.6) is 0 Å². The first kappa shape index (κ1) is 23.8. The molecule has 8 nitrogen and oxygen atoms in total. The molecule has 0 aromatic heterocycles. The van der Waals surface area contributed by atoms with Crippen LogP contribution < -0.4 is 10.6 Å². The van der Waals surface area contributed by atoms with Crippen LogP contribution in [0.2, 0.25) is 0 Å². The predicted molar refractivity (Wildman–Crippen MR) is 131 cm³/mol. The molecule has 0 radical (unpaired) electrons. The van der Waals surface area contributed by atoms with Crippen molar-refractivity contribution in [1.82, 2.24) is 10.2 Å². The van der Waals surface area contributed by atoms with Crippen LogP contribution in [-0.2, 0) is 27.1 Å². The average molecular weight is 480 g/mol. The molecule has 2 saturated heterocycles. The van der Waals surface area contributed by atoms with Gasteiger partial charge in [0.1, 0.15) is 6.10 Å². The van der Waals surface area contributed by atoms with Gasteiger partial charge in [0, 0.05) is 11.7 Å². The second-order valence-corrected chi connectivity index (χ2v) is 9.73. The van der Waals surface area contributed by atoms with Gasteiger partial charge in [0.2, 0.25) is 5.91 Å². The number of carbonyl (C=O) groups is 2. The fourth-order valence-corrected chi connectivity index (χ4v) is 5.45. The van der Waals surface area contributed by atoms with E-state index in [0.717, 1.165) is 12.8 Å². The van der Waals surface area contributed by atoms with E-state index in [0.29, 0.717) is 18.5 Å². The minimum atomic E-state index is -0.767. The number of ether oxygens (including phenoxy) is 2. The third kappa shape index (κ3) is 5.83. The molecule has 1 aliphatic carbocycles. The van der Waals surface area contributed by atoms with E-state index in [-0.39, 0.29) is 62.4 Å². The van der Waals surface area contributed by atoms with Gasteiger partial charge in [-0.2, -0.15) is 0 Å². The highest BCUT2D eigenvalue weighted by Crippen LogP contribution is 2.29. The highest BCUT2D eigenvalue weighted by molar-refractivity contribution is 5.89. The number of nitrogens with one attached hydrogen (secondary N) is 2. The van der Waals surface area contributed by atoms with Crippen LogP contribution in [-0.4, -0.2) is 72.1 Å². The lowest BCUT2D eigenvalue weighted by Crippen LogP contribution is -2.58. The van der Waals surface area contributed by atoms with E-state index >= 15 is 0 Å². The van der Waals surface area contributed by atoms with Gasteiger partial charge in [-0.15, -0.1) is 0 Å². The maximum atomic E-state index is 13.1. The molecular weight excluding hydrogens is 446 g/mol. The normalized spacial score (nSPS) is 26.7. The van der Waals surface area contributed by atoms with Crippen molar-refractivity contribution in [2.24, 2.45) is 0 Å². The van der Waals surface area contributed by atoms with Crippen LogP contribution in [0.1, 0.15) is 30.4 Å². The zero-order valence-electron chi connectivity index (χ0n) is 19.8. The number of β-amino-alcohol motifs (C(OH)–C–C–N with tert-alkyl or cyclic N) is 1. The van der Waals surface area contributed by atoms with Gasteiger partial charge in [-0.25, -0.2) is 4.79 Å². The Labute approximate surface area is 205 Å². The Kier molecular flexibility index (Phi) is 7.32. The molecular formula is C27H33N3O5. The maximum absolute atomic E-state index is 13.1. The Bertz CT molecular complexity index is 1010. The summed E-state index contributed by atoms with van der Waals surface area (Å²) in [6.07, 6.45) is 1.99. The van der Waals surface area contributed by atoms with Gasteiger partial charge in [-0.05, 0) is 48.9 Å². The summed E-state index contributed by atoms with van der Waals surface area (Å²) in [5.74, 6) is -0.00730. The summed E-state index contributed by atoms with van der Waals surface area (Å²) in [5, 5.41) is 16.4. The minimum Gasteiger partial charge on any atom is -0.389 e. The van der Waals surface area contributed by atoms with Crippen molar-refractivity contribution < 1.29 is 24.2 Å². The van der Waals surface area contributed by atoms with Crippen molar-refractivity contribution in [3.8, 4) is 0 Å². The number of aliphatic hydroxyl groups is 1.